The van der Waals surface area contributed by atoms with Gasteiger partial charge in [0.15, 0.2) is 0 Å². The van der Waals surface area contributed by atoms with Gasteiger partial charge in [-0.05, 0) is 48.0 Å². The van der Waals surface area contributed by atoms with E-state index in [1.165, 1.54) is 0 Å². The summed E-state index contributed by atoms with van der Waals surface area (Å²) in [4.78, 5) is 8.64. The van der Waals surface area contributed by atoms with Crippen molar-refractivity contribution in [3.05, 3.63) is 38.5 Å². The topological polar surface area (TPSA) is 47.0 Å². The first-order valence-corrected chi connectivity index (χ1v) is 7.25. The summed E-state index contributed by atoms with van der Waals surface area (Å²) >= 11 is 6.88. The molecule has 0 saturated heterocycles. The van der Waals surface area contributed by atoms with E-state index >= 15 is 0 Å². The lowest BCUT2D eigenvalue weighted by Gasteiger charge is -2.12. The highest BCUT2D eigenvalue weighted by Gasteiger charge is 2.12. The molecule has 4 nitrogen and oxygen atoms in total. The Balaban J connectivity index is 2.40. The van der Waals surface area contributed by atoms with Crippen LogP contribution in [0, 0.1) is 13.8 Å². The van der Waals surface area contributed by atoms with Crippen LogP contribution in [-0.2, 0) is 0 Å². The van der Waals surface area contributed by atoms with E-state index < -0.39 is 0 Å². The fraction of sp³-hybridized carbons (Fsp3) is 0.231. The molecule has 19 heavy (non-hydrogen) atoms. The molecule has 1 heterocycles. The molecule has 0 bridgehead atoms. The number of halogens is 2. The van der Waals surface area contributed by atoms with Crippen LogP contribution >= 0.6 is 31.9 Å². The van der Waals surface area contributed by atoms with Gasteiger partial charge in [0.2, 0.25) is 5.88 Å². The van der Waals surface area contributed by atoms with Crippen LogP contribution < -0.4 is 10.1 Å². The van der Waals surface area contributed by atoms with E-state index in [4.69, 9.17) is 4.74 Å². The van der Waals surface area contributed by atoms with Gasteiger partial charge in [0.25, 0.3) is 0 Å². The molecular formula is C13H13Br2N3O. The number of benzene rings is 1. The minimum Gasteiger partial charge on any atom is -0.437 e. The van der Waals surface area contributed by atoms with Crippen molar-refractivity contribution in [2.24, 2.45) is 0 Å². The molecule has 0 fully saturated rings. The Labute approximate surface area is 128 Å². The van der Waals surface area contributed by atoms with Crippen molar-refractivity contribution in [3.63, 3.8) is 0 Å². The van der Waals surface area contributed by atoms with Gasteiger partial charge in [-0.1, -0.05) is 15.9 Å². The summed E-state index contributed by atoms with van der Waals surface area (Å²) in [6.45, 7) is 3.76. The third-order valence-corrected chi connectivity index (χ3v) is 3.66. The summed E-state index contributed by atoms with van der Waals surface area (Å²) in [5.41, 5.74) is 0.878. The largest absolute Gasteiger partial charge is 0.437 e. The zero-order valence-corrected chi connectivity index (χ0v) is 14.0. The number of anilines is 1. The molecule has 0 unspecified atom stereocenters. The second kappa shape index (κ2) is 5.88. The van der Waals surface area contributed by atoms with Crippen LogP contribution in [0.15, 0.2) is 27.1 Å². The van der Waals surface area contributed by atoms with Gasteiger partial charge in [-0.3, -0.25) is 0 Å². The third kappa shape index (κ3) is 3.25. The smallest absolute Gasteiger partial charge is 0.227 e. The molecule has 1 aromatic heterocycles. The average Bonchev–Trinajstić information content (AvgIpc) is 2.36. The summed E-state index contributed by atoms with van der Waals surface area (Å²) in [6.07, 6.45) is 0. The van der Waals surface area contributed by atoms with E-state index in [1.54, 1.807) is 0 Å². The summed E-state index contributed by atoms with van der Waals surface area (Å²) in [7, 11) is 1.83. The normalized spacial score (nSPS) is 10.4. The van der Waals surface area contributed by atoms with E-state index in [0.29, 0.717) is 17.5 Å². The number of hydrogen-bond donors (Lipinski definition) is 1. The monoisotopic (exact) mass is 385 g/mol. The van der Waals surface area contributed by atoms with Gasteiger partial charge >= 0.3 is 0 Å². The quantitative estimate of drug-likeness (QED) is 0.846. The standard InChI is InChI=1S/C13H13Br2N3O/c1-7-12(16-3)17-8(2)18-13(7)19-11-5-4-9(14)6-10(11)15/h4-6H,1-3H3,(H,16,17,18). The Morgan fingerprint density at radius 3 is 2.53 bits per heavy atom. The van der Waals surface area contributed by atoms with Crippen molar-refractivity contribution in [2.45, 2.75) is 13.8 Å². The highest BCUT2D eigenvalue weighted by atomic mass is 79.9. The van der Waals surface area contributed by atoms with Crippen molar-refractivity contribution in [2.75, 3.05) is 12.4 Å². The van der Waals surface area contributed by atoms with Crippen molar-refractivity contribution < 1.29 is 4.74 Å². The molecule has 2 aromatic rings. The number of ether oxygens (including phenoxy) is 1. The van der Waals surface area contributed by atoms with E-state index in [1.807, 2.05) is 39.1 Å². The molecule has 0 aliphatic rings. The minimum atomic E-state index is 0.555. The van der Waals surface area contributed by atoms with Crippen molar-refractivity contribution in [1.29, 1.82) is 0 Å². The van der Waals surface area contributed by atoms with Crippen LogP contribution in [0.4, 0.5) is 5.82 Å². The Hall–Kier alpha value is -1.14. The fourth-order valence-corrected chi connectivity index (χ4v) is 2.74. The molecule has 6 heteroatoms. The lowest BCUT2D eigenvalue weighted by atomic mass is 10.3. The predicted octanol–water partition coefficient (Wildman–Crippen LogP) is 4.45. The maximum atomic E-state index is 5.86. The van der Waals surface area contributed by atoms with Gasteiger partial charge in [-0.25, -0.2) is 4.98 Å². The Morgan fingerprint density at radius 2 is 1.89 bits per heavy atom. The zero-order valence-electron chi connectivity index (χ0n) is 10.8. The molecule has 0 spiro atoms. The van der Waals surface area contributed by atoms with Crippen LogP contribution in [-0.4, -0.2) is 17.0 Å². The van der Waals surface area contributed by atoms with Crippen molar-refractivity contribution in [1.82, 2.24) is 9.97 Å². The Morgan fingerprint density at radius 1 is 1.16 bits per heavy atom. The number of hydrogen-bond acceptors (Lipinski definition) is 4. The van der Waals surface area contributed by atoms with Gasteiger partial charge in [0.05, 0.1) is 10.0 Å². The lowest BCUT2D eigenvalue weighted by Crippen LogP contribution is -2.03. The zero-order chi connectivity index (χ0) is 14.0. The first-order valence-electron chi connectivity index (χ1n) is 5.67. The van der Waals surface area contributed by atoms with Crippen molar-refractivity contribution >= 4 is 37.7 Å². The molecule has 0 aliphatic carbocycles. The summed E-state index contributed by atoms with van der Waals surface area (Å²) in [5.74, 6) is 2.71. The molecule has 100 valence electrons. The maximum Gasteiger partial charge on any atom is 0.227 e. The SMILES string of the molecule is CNc1nc(C)nc(Oc2ccc(Br)cc2Br)c1C. The van der Waals surface area contributed by atoms with Crippen molar-refractivity contribution in [3.8, 4) is 11.6 Å². The highest BCUT2D eigenvalue weighted by molar-refractivity contribution is 9.11. The molecular weight excluding hydrogens is 374 g/mol. The van der Waals surface area contributed by atoms with E-state index in [9.17, 15) is 0 Å². The molecule has 0 amide bonds. The molecule has 0 aliphatic heterocycles. The number of nitrogens with zero attached hydrogens (tertiary/aromatic N) is 2. The second-order valence-electron chi connectivity index (χ2n) is 3.98. The number of aromatic nitrogens is 2. The van der Waals surface area contributed by atoms with E-state index in [0.717, 1.165) is 20.3 Å². The highest BCUT2D eigenvalue weighted by Crippen LogP contribution is 2.33. The number of rotatable bonds is 3. The fourth-order valence-electron chi connectivity index (χ4n) is 1.61. The Bertz CT molecular complexity index is 617. The van der Waals surface area contributed by atoms with Crippen LogP contribution in [0.3, 0.4) is 0 Å². The van der Waals surface area contributed by atoms with Crippen LogP contribution in [0.25, 0.3) is 0 Å². The Kier molecular flexibility index (Phi) is 4.42. The first kappa shape index (κ1) is 14.3. The van der Waals surface area contributed by atoms with Crippen LogP contribution in [0.5, 0.6) is 11.6 Å². The molecule has 0 radical (unpaired) electrons. The molecule has 0 saturated carbocycles. The second-order valence-corrected chi connectivity index (χ2v) is 5.75. The van der Waals surface area contributed by atoms with Gasteiger partial charge in [-0.15, -0.1) is 0 Å². The summed E-state index contributed by atoms with van der Waals surface area (Å²) < 4.78 is 7.71. The van der Waals surface area contributed by atoms with E-state index in [-0.39, 0.29) is 0 Å². The third-order valence-electron chi connectivity index (χ3n) is 2.55. The first-order chi connectivity index (χ1) is 9.01. The van der Waals surface area contributed by atoms with Gasteiger partial charge in [0, 0.05) is 11.5 Å². The summed E-state index contributed by atoms with van der Waals surface area (Å²) in [5, 5.41) is 3.04. The minimum absolute atomic E-state index is 0.555. The lowest BCUT2D eigenvalue weighted by molar-refractivity contribution is 0.453. The van der Waals surface area contributed by atoms with Crippen LogP contribution in [0.2, 0.25) is 0 Å². The molecule has 1 aromatic carbocycles. The van der Waals surface area contributed by atoms with E-state index in [2.05, 4.69) is 47.1 Å². The molecule has 2 rings (SSSR count). The molecule has 1 N–H and O–H groups in total. The van der Waals surface area contributed by atoms with Gasteiger partial charge in [-0.2, -0.15) is 4.98 Å². The van der Waals surface area contributed by atoms with Gasteiger partial charge < -0.3 is 10.1 Å². The average molecular weight is 387 g/mol. The molecule has 0 atom stereocenters. The number of nitrogens with one attached hydrogen (secondary N) is 1. The maximum absolute atomic E-state index is 5.86. The van der Waals surface area contributed by atoms with Crippen LogP contribution in [0.1, 0.15) is 11.4 Å². The predicted molar refractivity (Wildman–Crippen MR) is 83.0 cm³/mol. The van der Waals surface area contributed by atoms with Gasteiger partial charge in [0.1, 0.15) is 17.4 Å². The number of aryl methyl sites for hydroxylation is 1. The summed E-state index contributed by atoms with van der Waals surface area (Å²) in [6, 6.07) is 5.73.